The molecule has 0 aliphatic heterocycles. The number of nitrogens with one attached hydrogen (secondary N) is 1. The van der Waals surface area contributed by atoms with Crippen LogP contribution in [0.1, 0.15) is 38.9 Å². The lowest BCUT2D eigenvalue weighted by Crippen LogP contribution is -2.41. The van der Waals surface area contributed by atoms with E-state index in [1.165, 1.54) is 5.56 Å². The molecule has 3 N–H and O–H groups in total. The minimum absolute atomic E-state index is 0.0219. The highest BCUT2D eigenvalue weighted by atomic mass is 16.5. The van der Waals surface area contributed by atoms with Gasteiger partial charge in [-0.15, -0.1) is 0 Å². The van der Waals surface area contributed by atoms with E-state index in [4.69, 9.17) is 10.6 Å². The van der Waals surface area contributed by atoms with Crippen LogP contribution in [0.15, 0.2) is 30.3 Å². The summed E-state index contributed by atoms with van der Waals surface area (Å²) in [5.74, 6) is 6.25. The summed E-state index contributed by atoms with van der Waals surface area (Å²) in [5, 5.41) is 0. The van der Waals surface area contributed by atoms with Crippen LogP contribution in [0.3, 0.4) is 0 Å². The summed E-state index contributed by atoms with van der Waals surface area (Å²) in [6.07, 6.45) is 1.02. The molecule has 0 aromatic heterocycles. The van der Waals surface area contributed by atoms with Gasteiger partial charge in [0.25, 0.3) is 0 Å². The van der Waals surface area contributed by atoms with Gasteiger partial charge < -0.3 is 4.74 Å². The van der Waals surface area contributed by atoms with Gasteiger partial charge in [-0.1, -0.05) is 44.2 Å². The van der Waals surface area contributed by atoms with Crippen molar-refractivity contribution < 1.29 is 4.74 Å². The maximum Gasteiger partial charge on any atom is 0.0991 e. The van der Waals surface area contributed by atoms with Gasteiger partial charge in [0.1, 0.15) is 0 Å². The van der Waals surface area contributed by atoms with Crippen molar-refractivity contribution in [3.8, 4) is 0 Å². The largest absolute Gasteiger partial charge is 0.372 e. The molecular formula is C14H24N2O. The molecule has 0 aliphatic carbocycles. The van der Waals surface area contributed by atoms with Gasteiger partial charge >= 0.3 is 0 Å². The van der Waals surface area contributed by atoms with Crippen molar-refractivity contribution in [1.29, 1.82) is 0 Å². The second-order valence-electron chi connectivity index (χ2n) is 4.69. The third-order valence-electron chi connectivity index (χ3n) is 2.78. The van der Waals surface area contributed by atoms with E-state index in [1.54, 1.807) is 0 Å². The molecule has 0 spiro atoms. The summed E-state index contributed by atoms with van der Waals surface area (Å²) in [7, 11) is 0. The highest BCUT2D eigenvalue weighted by Crippen LogP contribution is 2.24. The molecule has 0 fully saturated rings. The van der Waals surface area contributed by atoms with Crippen molar-refractivity contribution in [3.05, 3.63) is 35.9 Å². The zero-order chi connectivity index (χ0) is 12.7. The summed E-state index contributed by atoms with van der Waals surface area (Å²) >= 11 is 0. The fraction of sp³-hybridized carbons (Fsp3) is 0.571. The number of hydrazine groups is 1. The lowest BCUT2D eigenvalue weighted by atomic mass is 9.95. The van der Waals surface area contributed by atoms with E-state index < -0.39 is 0 Å². The fourth-order valence-corrected chi connectivity index (χ4v) is 2.05. The van der Waals surface area contributed by atoms with E-state index >= 15 is 0 Å². The number of benzene rings is 1. The van der Waals surface area contributed by atoms with Gasteiger partial charge in [0.15, 0.2) is 0 Å². The molecule has 0 heterocycles. The van der Waals surface area contributed by atoms with Crippen molar-refractivity contribution in [3.63, 3.8) is 0 Å². The molecule has 0 saturated heterocycles. The van der Waals surface area contributed by atoms with Gasteiger partial charge in [0, 0.05) is 6.61 Å². The third kappa shape index (κ3) is 4.46. The van der Waals surface area contributed by atoms with Crippen molar-refractivity contribution in [2.75, 3.05) is 6.61 Å². The first-order valence-electron chi connectivity index (χ1n) is 6.31. The third-order valence-corrected chi connectivity index (χ3v) is 2.78. The van der Waals surface area contributed by atoms with E-state index in [2.05, 4.69) is 31.4 Å². The highest BCUT2D eigenvalue weighted by Gasteiger charge is 2.23. The molecule has 0 saturated carbocycles. The number of rotatable bonds is 7. The van der Waals surface area contributed by atoms with Crippen LogP contribution in [0.2, 0.25) is 0 Å². The van der Waals surface area contributed by atoms with Gasteiger partial charge in [-0.05, 0) is 24.8 Å². The molecule has 1 aromatic rings. The maximum absolute atomic E-state index is 5.84. The summed E-state index contributed by atoms with van der Waals surface area (Å²) in [5.41, 5.74) is 4.07. The van der Waals surface area contributed by atoms with Gasteiger partial charge in [-0.25, -0.2) is 0 Å². The van der Waals surface area contributed by atoms with Gasteiger partial charge in [-0.2, -0.15) is 0 Å². The Labute approximate surface area is 104 Å². The predicted octanol–water partition coefficient (Wildman–Crippen LogP) is 2.64. The van der Waals surface area contributed by atoms with Crippen LogP contribution in [0, 0.1) is 5.92 Å². The van der Waals surface area contributed by atoms with E-state index in [9.17, 15) is 0 Å². The second kappa shape index (κ2) is 7.43. The molecule has 1 rings (SSSR count). The lowest BCUT2D eigenvalue weighted by Gasteiger charge is -2.28. The fourth-order valence-electron chi connectivity index (χ4n) is 2.05. The molecule has 3 nitrogen and oxygen atoms in total. The maximum atomic E-state index is 5.84. The van der Waals surface area contributed by atoms with Crippen molar-refractivity contribution in [2.24, 2.45) is 11.8 Å². The molecule has 96 valence electrons. The summed E-state index contributed by atoms with van der Waals surface area (Å²) < 4.78 is 5.84. The zero-order valence-corrected chi connectivity index (χ0v) is 11.0. The molecular weight excluding hydrogens is 212 g/mol. The monoisotopic (exact) mass is 236 g/mol. The van der Waals surface area contributed by atoms with Crippen molar-refractivity contribution in [2.45, 2.75) is 39.3 Å². The minimum Gasteiger partial charge on any atom is -0.372 e. The molecule has 0 bridgehead atoms. The second-order valence-corrected chi connectivity index (χ2v) is 4.69. The molecule has 1 aromatic carbocycles. The molecule has 2 atom stereocenters. The Kier molecular flexibility index (Phi) is 6.19. The molecule has 0 amide bonds. The first kappa shape index (κ1) is 14.2. The molecule has 2 unspecified atom stereocenters. The van der Waals surface area contributed by atoms with E-state index in [0.717, 1.165) is 6.42 Å². The van der Waals surface area contributed by atoms with Crippen LogP contribution >= 0.6 is 0 Å². The number of ether oxygens (including phenoxy) is 1. The van der Waals surface area contributed by atoms with Crippen LogP contribution < -0.4 is 11.3 Å². The van der Waals surface area contributed by atoms with Crippen molar-refractivity contribution >= 4 is 0 Å². The molecule has 17 heavy (non-hydrogen) atoms. The Hall–Kier alpha value is -0.900. The summed E-state index contributed by atoms with van der Waals surface area (Å²) in [6.45, 7) is 7.09. The first-order valence-corrected chi connectivity index (χ1v) is 6.31. The molecule has 0 aliphatic rings. The van der Waals surface area contributed by atoms with E-state index in [1.807, 2.05) is 25.1 Å². The average Bonchev–Trinajstić information content (AvgIpc) is 2.34. The SMILES string of the molecule is CCOC(c1ccccc1)C(CC(C)C)NN. The topological polar surface area (TPSA) is 47.3 Å². The van der Waals surface area contributed by atoms with Crippen LogP contribution in [0.25, 0.3) is 0 Å². The first-order chi connectivity index (χ1) is 8.19. The van der Waals surface area contributed by atoms with Gasteiger partial charge in [0.05, 0.1) is 12.1 Å². The van der Waals surface area contributed by atoms with E-state index in [-0.39, 0.29) is 12.1 Å². The van der Waals surface area contributed by atoms with Crippen LogP contribution in [-0.2, 0) is 4.74 Å². The Morgan fingerprint density at radius 1 is 1.24 bits per heavy atom. The number of nitrogens with two attached hydrogens (primary N) is 1. The van der Waals surface area contributed by atoms with E-state index in [0.29, 0.717) is 12.5 Å². The smallest absolute Gasteiger partial charge is 0.0991 e. The Bertz CT molecular complexity index is 300. The van der Waals surface area contributed by atoms with Gasteiger partial charge in [-0.3, -0.25) is 11.3 Å². The zero-order valence-electron chi connectivity index (χ0n) is 11.0. The van der Waals surface area contributed by atoms with Crippen LogP contribution in [-0.4, -0.2) is 12.6 Å². The quantitative estimate of drug-likeness (QED) is 0.565. The predicted molar refractivity (Wildman–Crippen MR) is 71.4 cm³/mol. The van der Waals surface area contributed by atoms with Crippen LogP contribution in [0.5, 0.6) is 0 Å². The Morgan fingerprint density at radius 2 is 1.88 bits per heavy atom. The minimum atomic E-state index is 0.0219. The molecule has 3 heteroatoms. The standard InChI is InChI=1S/C14H24N2O/c1-4-17-14(12-8-6-5-7-9-12)13(16-15)10-11(2)3/h5-9,11,13-14,16H,4,10,15H2,1-3H3. The lowest BCUT2D eigenvalue weighted by molar-refractivity contribution is 0.0275. The summed E-state index contributed by atoms with van der Waals surface area (Å²) in [4.78, 5) is 0. The average molecular weight is 236 g/mol. The van der Waals surface area contributed by atoms with Crippen LogP contribution in [0.4, 0.5) is 0 Å². The summed E-state index contributed by atoms with van der Waals surface area (Å²) in [6, 6.07) is 10.4. The highest BCUT2D eigenvalue weighted by molar-refractivity contribution is 5.19. The van der Waals surface area contributed by atoms with Gasteiger partial charge in [0.2, 0.25) is 0 Å². The van der Waals surface area contributed by atoms with Crippen molar-refractivity contribution in [1.82, 2.24) is 5.43 Å². The number of hydrogen-bond donors (Lipinski definition) is 2. The normalized spacial score (nSPS) is 14.9. The molecule has 0 radical (unpaired) electrons. The Morgan fingerprint density at radius 3 is 2.35 bits per heavy atom. The Balaban J connectivity index is 2.83. The number of hydrogen-bond acceptors (Lipinski definition) is 3.